The maximum Gasteiger partial charge on any atom is 0.403 e. The Morgan fingerprint density at radius 3 is 1.75 bits per heavy atom. The van der Waals surface area contributed by atoms with Crippen LogP contribution in [0.3, 0.4) is 0 Å². The Balaban J connectivity index is 3.34. The number of alkyl halides is 6. The minimum Gasteiger partial charge on any atom is -0.387 e. The lowest BCUT2D eigenvalue weighted by molar-refractivity contribution is -0.307. The van der Waals surface area contributed by atoms with Gasteiger partial charge < -0.3 is 5.11 Å². The topological polar surface area (TPSA) is 20.2 Å². The Morgan fingerprint density at radius 2 is 1.35 bits per heavy atom. The number of rotatable bonds is 2. The summed E-state index contributed by atoms with van der Waals surface area (Å²) in [6, 6.07) is 1.27. The van der Waals surface area contributed by atoms with Gasteiger partial charge in [0.05, 0.1) is 0 Å². The van der Waals surface area contributed by atoms with Gasteiger partial charge in [-0.3, -0.25) is 0 Å². The van der Waals surface area contributed by atoms with E-state index in [9.17, 15) is 40.2 Å². The van der Waals surface area contributed by atoms with Crippen LogP contribution in [0.5, 0.6) is 0 Å². The Morgan fingerprint density at radius 1 is 0.900 bits per heavy atom. The Bertz CT molecular complexity index is 476. The molecule has 1 atom stereocenters. The fraction of sp³-hybridized carbons (Fsp3) is 0.455. The Hall–Kier alpha value is -1.38. The number of aliphatic hydroxyl groups excluding tert-OH is 1. The summed E-state index contributed by atoms with van der Waals surface area (Å²) in [7, 11) is 0. The van der Waals surface area contributed by atoms with E-state index in [1.807, 2.05) is 0 Å². The van der Waals surface area contributed by atoms with Crippen molar-refractivity contribution in [3.05, 3.63) is 34.9 Å². The molecule has 0 spiro atoms. The minimum absolute atomic E-state index is 0.311. The van der Waals surface area contributed by atoms with Crippen LogP contribution in [0.2, 0.25) is 0 Å². The molecule has 0 aliphatic carbocycles. The zero-order chi connectivity index (χ0) is 15.9. The largest absolute Gasteiger partial charge is 0.403 e. The van der Waals surface area contributed by atoms with E-state index in [0.29, 0.717) is 6.07 Å². The van der Waals surface area contributed by atoms with Crippen LogP contribution < -0.4 is 0 Å². The quantitative estimate of drug-likeness (QED) is 0.817. The van der Waals surface area contributed by atoms with E-state index in [0.717, 1.165) is 13.0 Å². The SMILES string of the molecule is Cc1ccc(C(O)C(C(F)(F)F)C(F)(F)F)c(F)c1F. The Labute approximate surface area is 107 Å². The van der Waals surface area contributed by atoms with Gasteiger partial charge in [-0.05, 0) is 12.5 Å². The maximum atomic E-state index is 13.4. The first kappa shape index (κ1) is 16.7. The second-order valence-corrected chi connectivity index (χ2v) is 4.11. The lowest BCUT2D eigenvalue weighted by Crippen LogP contribution is -2.41. The lowest BCUT2D eigenvalue weighted by Gasteiger charge is -2.27. The number of hydrogen-bond acceptors (Lipinski definition) is 1. The molecule has 0 aromatic heterocycles. The summed E-state index contributed by atoms with van der Waals surface area (Å²) in [6.45, 7) is 1.07. The molecule has 0 amide bonds. The molecule has 0 saturated carbocycles. The summed E-state index contributed by atoms with van der Waals surface area (Å²) < 4.78 is 101. The van der Waals surface area contributed by atoms with E-state index in [2.05, 4.69) is 0 Å². The Kier molecular flexibility index (Phi) is 4.33. The summed E-state index contributed by atoms with van der Waals surface area (Å²) in [5.41, 5.74) is -1.71. The molecular formula is C11H8F8O. The van der Waals surface area contributed by atoms with Crippen molar-refractivity contribution in [2.75, 3.05) is 0 Å². The third-order valence-corrected chi connectivity index (χ3v) is 2.64. The fourth-order valence-corrected chi connectivity index (χ4v) is 1.61. The number of benzene rings is 1. The van der Waals surface area contributed by atoms with Crippen LogP contribution in [0.15, 0.2) is 12.1 Å². The lowest BCUT2D eigenvalue weighted by atomic mass is 9.93. The average Bonchev–Trinajstić information content (AvgIpc) is 2.21. The van der Waals surface area contributed by atoms with Crippen molar-refractivity contribution in [3.63, 3.8) is 0 Å². The van der Waals surface area contributed by atoms with Crippen molar-refractivity contribution in [1.29, 1.82) is 0 Å². The molecule has 1 N–H and O–H groups in total. The van der Waals surface area contributed by atoms with Gasteiger partial charge in [-0.2, -0.15) is 26.3 Å². The van der Waals surface area contributed by atoms with Crippen LogP contribution in [0.25, 0.3) is 0 Å². The zero-order valence-electron chi connectivity index (χ0n) is 9.78. The molecule has 1 unspecified atom stereocenters. The van der Waals surface area contributed by atoms with Crippen LogP contribution in [0.4, 0.5) is 35.1 Å². The number of aryl methyl sites for hydroxylation is 1. The molecule has 9 heteroatoms. The first-order chi connectivity index (χ1) is 8.87. The predicted octanol–water partition coefficient (Wildman–Crippen LogP) is 4.05. The van der Waals surface area contributed by atoms with E-state index in [1.54, 1.807) is 0 Å². The highest BCUT2D eigenvalue weighted by atomic mass is 19.4. The average molecular weight is 308 g/mol. The highest BCUT2D eigenvalue weighted by Gasteiger charge is 2.60. The first-order valence-electron chi connectivity index (χ1n) is 5.13. The molecule has 0 heterocycles. The molecule has 114 valence electrons. The van der Waals surface area contributed by atoms with Gasteiger partial charge in [0.2, 0.25) is 0 Å². The molecule has 1 nitrogen and oxygen atoms in total. The van der Waals surface area contributed by atoms with E-state index in [-0.39, 0.29) is 5.56 Å². The molecule has 0 radical (unpaired) electrons. The summed E-state index contributed by atoms with van der Waals surface area (Å²) in [5, 5.41) is 9.20. The van der Waals surface area contributed by atoms with Crippen molar-refractivity contribution in [1.82, 2.24) is 0 Å². The molecule has 0 fully saturated rings. The van der Waals surface area contributed by atoms with Gasteiger partial charge in [-0.15, -0.1) is 0 Å². The summed E-state index contributed by atoms with van der Waals surface area (Å²) in [4.78, 5) is 0. The van der Waals surface area contributed by atoms with Gasteiger partial charge >= 0.3 is 12.4 Å². The third kappa shape index (κ3) is 3.20. The molecule has 0 aliphatic rings. The van der Waals surface area contributed by atoms with Gasteiger partial charge in [0.25, 0.3) is 0 Å². The molecule has 0 bridgehead atoms. The molecular weight excluding hydrogens is 300 g/mol. The van der Waals surface area contributed by atoms with Gasteiger partial charge in [-0.25, -0.2) is 8.78 Å². The van der Waals surface area contributed by atoms with E-state index in [1.165, 1.54) is 0 Å². The van der Waals surface area contributed by atoms with Crippen LogP contribution in [0, 0.1) is 24.5 Å². The van der Waals surface area contributed by atoms with Crippen LogP contribution in [0.1, 0.15) is 17.2 Å². The molecule has 1 aromatic rings. The van der Waals surface area contributed by atoms with Crippen LogP contribution in [-0.4, -0.2) is 17.5 Å². The van der Waals surface area contributed by atoms with Crippen molar-refractivity contribution in [2.45, 2.75) is 25.4 Å². The van der Waals surface area contributed by atoms with Crippen molar-refractivity contribution < 1.29 is 40.2 Å². The van der Waals surface area contributed by atoms with Crippen LogP contribution in [-0.2, 0) is 0 Å². The second-order valence-electron chi connectivity index (χ2n) is 4.11. The number of halogens is 8. The summed E-state index contributed by atoms with van der Waals surface area (Å²) >= 11 is 0. The summed E-state index contributed by atoms with van der Waals surface area (Å²) in [6.07, 6.45) is -15.0. The van der Waals surface area contributed by atoms with Crippen LogP contribution >= 0.6 is 0 Å². The monoisotopic (exact) mass is 308 g/mol. The van der Waals surface area contributed by atoms with Gasteiger partial charge in [0.1, 0.15) is 6.10 Å². The second kappa shape index (κ2) is 5.19. The molecule has 1 rings (SSSR count). The highest BCUT2D eigenvalue weighted by molar-refractivity contribution is 5.27. The van der Waals surface area contributed by atoms with Gasteiger partial charge in [0.15, 0.2) is 17.6 Å². The minimum atomic E-state index is -5.86. The highest BCUT2D eigenvalue weighted by Crippen LogP contribution is 2.46. The molecule has 0 saturated heterocycles. The van der Waals surface area contributed by atoms with Gasteiger partial charge in [0, 0.05) is 5.56 Å². The van der Waals surface area contributed by atoms with Crippen molar-refractivity contribution >= 4 is 0 Å². The smallest absolute Gasteiger partial charge is 0.387 e. The van der Waals surface area contributed by atoms with E-state index in [4.69, 9.17) is 0 Å². The standard InChI is InChI=1S/C11H8F8O/c1-4-2-3-5(7(13)6(4)12)8(20)9(10(14,15)16)11(17,18)19/h2-3,8-9,20H,1H3. The third-order valence-electron chi connectivity index (χ3n) is 2.64. The molecule has 0 aliphatic heterocycles. The van der Waals surface area contributed by atoms with Crippen molar-refractivity contribution in [3.8, 4) is 0 Å². The first-order valence-corrected chi connectivity index (χ1v) is 5.13. The molecule has 1 aromatic carbocycles. The fourth-order valence-electron chi connectivity index (χ4n) is 1.61. The van der Waals surface area contributed by atoms with E-state index < -0.39 is 41.6 Å². The maximum absolute atomic E-state index is 13.4. The van der Waals surface area contributed by atoms with Gasteiger partial charge in [-0.1, -0.05) is 12.1 Å². The number of aliphatic hydroxyl groups is 1. The van der Waals surface area contributed by atoms with E-state index >= 15 is 0 Å². The predicted molar refractivity (Wildman–Crippen MR) is 51.7 cm³/mol. The summed E-state index contributed by atoms with van der Waals surface area (Å²) in [5.74, 6) is -7.74. The normalized spacial score (nSPS) is 14.8. The zero-order valence-corrected chi connectivity index (χ0v) is 9.78. The molecule has 20 heavy (non-hydrogen) atoms. The number of hydrogen-bond donors (Lipinski definition) is 1. The van der Waals surface area contributed by atoms with Crippen molar-refractivity contribution in [2.24, 2.45) is 5.92 Å².